The number of nitrogens with one attached hydrogen (secondary N) is 4. The van der Waals surface area contributed by atoms with Gasteiger partial charge in [0, 0.05) is 144 Å². The molecule has 20 rings (SSSR count). The number of H-pyrrole nitrogens is 4. The molecule has 4 saturated heterocycles. The number of aromatic amines is 4. The summed E-state index contributed by atoms with van der Waals surface area (Å²) in [6, 6.07) is 56.3. The van der Waals surface area contributed by atoms with Gasteiger partial charge in [-0.1, -0.05) is 135 Å². The van der Waals surface area contributed by atoms with Crippen molar-refractivity contribution in [3.8, 4) is 44.5 Å². The Kier molecular flexibility index (Phi) is 28.0. The molecule has 4 amide bonds. The number of nitrogens with zero attached hydrogens (tertiary/aromatic N) is 16. The molecule has 15 aromatic rings. The second-order valence-electron chi connectivity index (χ2n) is 35.4. The average Bonchev–Trinajstić information content (AvgIpc) is 1.56. The number of rotatable bonds is 21. The number of imidazole rings is 4. The van der Waals surface area contributed by atoms with Gasteiger partial charge in [0.15, 0.2) is 0 Å². The Morgan fingerprint density at radius 2 is 0.683 bits per heavy atom. The zero-order chi connectivity index (χ0) is 85.9. The molecule has 126 heavy (non-hydrogen) atoms. The number of hydrogen-bond acceptors (Lipinski definition) is 12. The fourth-order valence-electron chi connectivity index (χ4n) is 19.5. The molecule has 650 valence electrons. The quantitative estimate of drug-likeness (QED) is 0.0523. The molecule has 8 aromatic heterocycles. The van der Waals surface area contributed by atoms with Crippen LogP contribution in [0.25, 0.3) is 88.6 Å². The van der Waals surface area contributed by atoms with Crippen LogP contribution >= 0.6 is 0 Å². The maximum Gasteiger partial charge on any atom is 0.226 e. The van der Waals surface area contributed by atoms with Crippen LogP contribution in [0.1, 0.15) is 144 Å². The highest BCUT2D eigenvalue weighted by molar-refractivity contribution is 5.86. The van der Waals surface area contributed by atoms with Gasteiger partial charge in [-0.3, -0.25) is 39.6 Å². The first-order valence-corrected chi connectivity index (χ1v) is 45.9. The highest BCUT2D eigenvalue weighted by atomic mass is 16.2. The summed E-state index contributed by atoms with van der Waals surface area (Å²) in [5.74, 6) is 5.90. The van der Waals surface area contributed by atoms with Gasteiger partial charge in [-0.2, -0.15) is 20.4 Å². The molecule has 3 atom stereocenters. The third-order valence-electron chi connectivity index (χ3n) is 26.9. The number of aryl methyl sites for hydroxylation is 4. The van der Waals surface area contributed by atoms with E-state index >= 15 is 0 Å². The van der Waals surface area contributed by atoms with Crippen LogP contribution in [0.3, 0.4) is 0 Å². The lowest BCUT2D eigenvalue weighted by Gasteiger charge is -2.32. The summed E-state index contributed by atoms with van der Waals surface area (Å²) in [4.78, 5) is 78.4. The SMILES string of the molecule is Cc1nc2cc(-c3cn[nH]c3)ccc2n1CC1CCCN(C(=O)Cc2ccccc2)CC1.Cc1nc2cc(-c3cn[nH]c3)ccc2n1CC1CCN(C(=O)CCc2ccccc2)CC1.O=C(C1CCCCC1)N1CCCC(Cn2cnc3cc(-c4cn[nH]c4)ccc32)CC1.O=C(CCc1ccccc1)N1CCCC(Cn2cnc3cc(-c4cn[nH]c4)ccc32)CC1. The number of fused-ring (bicyclic) bond motifs is 4. The molecule has 1 aliphatic carbocycles. The Morgan fingerprint density at radius 3 is 1.09 bits per heavy atom. The van der Waals surface area contributed by atoms with Crippen LogP contribution < -0.4 is 0 Å². The van der Waals surface area contributed by atoms with Crippen LogP contribution in [-0.4, -0.2) is 175 Å². The number of likely N-dealkylation sites (tertiary alicyclic amines) is 4. The largest absolute Gasteiger partial charge is 0.343 e. The molecule has 24 heteroatoms. The second-order valence-corrected chi connectivity index (χ2v) is 35.4. The van der Waals surface area contributed by atoms with Gasteiger partial charge in [-0.15, -0.1) is 0 Å². The maximum atomic E-state index is 12.9. The minimum Gasteiger partial charge on any atom is -0.343 e. The van der Waals surface area contributed by atoms with Crippen molar-refractivity contribution in [2.75, 3.05) is 52.4 Å². The molecule has 1 saturated carbocycles. The number of hydrogen-bond donors (Lipinski definition) is 4. The van der Waals surface area contributed by atoms with Crippen LogP contribution in [0.4, 0.5) is 0 Å². The van der Waals surface area contributed by atoms with E-state index < -0.39 is 0 Å². The molecule has 4 N–H and O–H groups in total. The van der Waals surface area contributed by atoms with Gasteiger partial charge in [-0.25, -0.2) is 19.9 Å². The van der Waals surface area contributed by atoms with E-state index in [4.69, 9.17) is 9.97 Å². The maximum absolute atomic E-state index is 12.9. The van der Waals surface area contributed by atoms with Gasteiger partial charge in [0.05, 0.1) is 88.0 Å². The van der Waals surface area contributed by atoms with Crippen LogP contribution in [0.2, 0.25) is 0 Å². The lowest BCUT2D eigenvalue weighted by Crippen LogP contribution is -2.39. The molecule has 12 heterocycles. The topological polar surface area (TPSA) is 267 Å². The van der Waals surface area contributed by atoms with Gasteiger partial charge in [-0.05, 0) is 221 Å². The lowest BCUT2D eigenvalue weighted by atomic mass is 9.88. The first kappa shape index (κ1) is 85.3. The summed E-state index contributed by atoms with van der Waals surface area (Å²) in [6.07, 6.45) is 40.1. The van der Waals surface area contributed by atoms with Crippen molar-refractivity contribution < 1.29 is 19.2 Å². The van der Waals surface area contributed by atoms with E-state index in [1.807, 2.05) is 129 Å². The third kappa shape index (κ3) is 21.5. The summed E-state index contributed by atoms with van der Waals surface area (Å²) in [7, 11) is 0. The van der Waals surface area contributed by atoms with Crippen LogP contribution in [-0.2, 0) is 64.6 Å². The molecule has 24 nitrogen and oxygen atoms in total. The van der Waals surface area contributed by atoms with E-state index in [-0.39, 0.29) is 23.6 Å². The van der Waals surface area contributed by atoms with Gasteiger partial charge in [0.2, 0.25) is 23.6 Å². The third-order valence-corrected chi connectivity index (χ3v) is 26.9. The Balaban J connectivity index is 0.000000119. The number of piperidine rings is 1. The number of amides is 4. The minimum absolute atomic E-state index is 0.243. The summed E-state index contributed by atoms with van der Waals surface area (Å²) in [6.45, 7) is 15.0. The van der Waals surface area contributed by atoms with Gasteiger partial charge < -0.3 is 37.9 Å². The zero-order valence-electron chi connectivity index (χ0n) is 72.9. The van der Waals surface area contributed by atoms with Gasteiger partial charge >= 0.3 is 0 Å². The number of carbonyl (C=O) groups excluding carboxylic acids is 4. The van der Waals surface area contributed by atoms with E-state index in [9.17, 15) is 19.2 Å². The van der Waals surface area contributed by atoms with Crippen molar-refractivity contribution in [2.45, 2.75) is 175 Å². The molecule has 0 spiro atoms. The Morgan fingerprint density at radius 1 is 0.333 bits per heavy atom. The first-order valence-electron chi connectivity index (χ1n) is 45.9. The molecule has 0 bridgehead atoms. The molecular formula is C102H118N20O4. The Hall–Kier alpha value is -12.9. The van der Waals surface area contributed by atoms with Crippen molar-refractivity contribution in [3.63, 3.8) is 0 Å². The van der Waals surface area contributed by atoms with Crippen LogP contribution in [0, 0.1) is 43.4 Å². The molecule has 0 radical (unpaired) electrons. The summed E-state index contributed by atoms with van der Waals surface area (Å²) >= 11 is 0. The Labute approximate surface area is 737 Å². The minimum atomic E-state index is 0.243. The van der Waals surface area contributed by atoms with Crippen molar-refractivity contribution in [1.82, 2.24) is 98.6 Å². The van der Waals surface area contributed by atoms with Crippen LogP contribution in [0.15, 0.2) is 226 Å². The van der Waals surface area contributed by atoms with Gasteiger partial charge in [0.1, 0.15) is 11.6 Å². The summed E-state index contributed by atoms with van der Waals surface area (Å²) < 4.78 is 9.25. The van der Waals surface area contributed by atoms with Crippen LogP contribution in [0.5, 0.6) is 0 Å². The lowest BCUT2D eigenvalue weighted by molar-refractivity contribution is -0.136. The Bertz CT molecular complexity index is 6000. The molecule has 7 aromatic carbocycles. The fourth-order valence-corrected chi connectivity index (χ4v) is 19.5. The molecule has 5 fully saturated rings. The average molecular weight is 1690 g/mol. The predicted octanol–water partition coefficient (Wildman–Crippen LogP) is 18.5. The number of benzene rings is 7. The highest BCUT2D eigenvalue weighted by Crippen LogP contribution is 2.35. The second kappa shape index (κ2) is 41.3. The standard InChI is InChI=1S/3C26H29N5O.C24H31N5O/c1-19-29-24-15-22(23-16-27-28-17-23)9-10-25(24)31(19)18-21-8-5-12-30(13-11-21)26(32)14-20-6-3-2-4-7-20;1-19-29-24-15-22(23-16-27-28-17-23)8-9-25(24)31(19)18-21-11-13-30(14-12-21)26(32)10-7-20-5-3-2-4-6-20;32-26(11-8-20-5-2-1-3-6-20)30-13-4-7-21(12-14-30)18-31-19-27-24-15-22(9-10-25(24)31)23-16-28-29-17-23;30-24(19-6-2-1-3-7-19)28-11-4-5-18(10-12-28)16-29-17-25-22-13-20(8-9-23(22)29)21-14-26-27-15-21/h2-4,6-7,9-10,15-17,21H,5,8,11-14,18H2,1H3,(H,27,28);2-6,8-9,15-17,21H,7,10-14,18H2,1H3,(H,27,28);1-3,5-6,9-10,15-17,19,21H,4,7-8,11-14,18H2,(H,28,29);8-9,13-15,17-19H,1-7,10-12,16H2,(H,26,27). The molecular weight excluding hydrogens is 1570 g/mol. The van der Waals surface area contributed by atoms with Crippen molar-refractivity contribution >= 4 is 67.8 Å². The zero-order valence-corrected chi connectivity index (χ0v) is 72.9. The molecule has 4 aliphatic heterocycles. The molecule has 3 unspecified atom stereocenters. The van der Waals surface area contributed by atoms with E-state index in [0.717, 1.165) is 258 Å². The van der Waals surface area contributed by atoms with E-state index in [2.05, 4.69) is 200 Å². The molecule has 5 aliphatic rings. The summed E-state index contributed by atoms with van der Waals surface area (Å²) in [5.41, 5.74) is 21.1. The van der Waals surface area contributed by atoms with Crippen molar-refractivity contribution in [2.24, 2.45) is 29.6 Å². The fraction of sp³-hybridized carbons (Fsp3) is 0.392. The van der Waals surface area contributed by atoms with Gasteiger partial charge in [0.25, 0.3) is 0 Å². The van der Waals surface area contributed by atoms with E-state index in [1.165, 1.54) is 53.4 Å². The van der Waals surface area contributed by atoms with E-state index in [0.29, 0.717) is 48.8 Å². The predicted molar refractivity (Wildman–Crippen MR) is 496 cm³/mol. The van der Waals surface area contributed by atoms with Crippen molar-refractivity contribution in [3.05, 3.63) is 254 Å². The highest BCUT2D eigenvalue weighted by Gasteiger charge is 2.31. The van der Waals surface area contributed by atoms with E-state index in [1.54, 1.807) is 0 Å². The normalized spacial score (nSPS) is 17.4. The smallest absolute Gasteiger partial charge is 0.226 e. The van der Waals surface area contributed by atoms with Crippen molar-refractivity contribution in [1.29, 1.82) is 0 Å². The monoisotopic (exact) mass is 1690 g/mol. The number of carbonyl (C=O) groups is 4. The first-order chi connectivity index (χ1) is 61.9. The number of aromatic nitrogens is 16. The summed E-state index contributed by atoms with van der Waals surface area (Å²) in [5, 5.41) is 27.7.